The number of nitrogens with one attached hydrogen (secondary N) is 2. The van der Waals surface area contributed by atoms with Gasteiger partial charge in [0, 0.05) is 36.7 Å². The van der Waals surface area contributed by atoms with Gasteiger partial charge >= 0.3 is 0 Å². The van der Waals surface area contributed by atoms with Crippen LogP contribution in [0.2, 0.25) is 0 Å². The molecule has 2 N–H and O–H groups in total. The lowest BCUT2D eigenvalue weighted by molar-refractivity contribution is -0.117. The minimum absolute atomic E-state index is 0.00381. The topological polar surface area (TPSA) is 74.3 Å². The summed E-state index contributed by atoms with van der Waals surface area (Å²) in [6.07, 6.45) is 3.39. The standard InChI is InChI=1S/C23H27FN4O2/c1-4-25-23(30)16-7-9-19-18(11-16)21(27-20-10-8-17(24)12-26-20)13(2)22(15-5-6-15)28(19)14(3)29/h7-13,15,21-22H,4-6H2,1-3H3,(H,25,30)(H,26,27)/t13-,21-,22-/m1/s1. The van der Waals surface area contributed by atoms with Crippen molar-refractivity contribution < 1.29 is 14.0 Å². The molecule has 1 aromatic carbocycles. The Morgan fingerprint density at radius 2 is 2.00 bits per heavy atom. The first kappa shape index (κ1) is 20.3. The number of nitrogens with zero attached hydrogens (tertiary/aromatic N) is 2. The number of halogens is 1. The molecule has 1 saturated carbocycles. The Hall–Kier alpha value is -2.96. The van der Waals surface area contributed by atoms with Gasteiger partial charge in [-0.05, 0) is 61.6 Å². The summed E-state index contributed by atoms with van der Waals surface area (Å²) < 4.78 is 13.3. The van der Waals surface area contributed by atoms with Gasteiger partial charge in [-0.3, -0.25) is 9.59 Å². The molecular weight excluding hydrogens is 383 g/mol. The van der Waals surface area contributed by atoms with Crippen LogP contribution in [0.5, 0.6) is 0 Å². The first-order valence-electron chi connectivity index (χ1n) is 10.5. The first-order valence-corrected chi connectivity index (χ1v) is 10.5. The number of anilines is 2. The lowest BCUT2D eigenvalue weighted by Crippen LogP contribution is -2.51. The van der Waals surface area contributed by atoms with E-state index in [0.29, 0.717) is 23.8 Å². The van der Waals surface area contributed by atoms with Gasteiger partial charge < -0.3 is 15.5 Å². The quantitative estimate of drug-likeness (QED) is 0.784. The van der Waals surface area contributed by atoms with E-state index in [0.717, 1.165) is 24.1 Å². The lowest BCUT2D eigenvalue weighted by atomic mass is 9.79. The van der Waals surface area contributed by atoms with Crippen molar-refractivity contribution in [2.45, 2.75) is 45.7 Å². The van der Waals surface area contributed by atoms with Crippen molar-refractivity contribution in [2.75, 3.05) is 16.8 Å². The van der Waals surface area contributed by atoms with Crippen molar-refractivity contribution in [3.8, 4) is 0 Å². The molecule has 0 spiro atoms. The van der Waals surface area contributed by atoms with Crippen LogP contribution in [0.15, 0.2) is 36.5 Å². The van der Waals surface area contributed by atoms with E-state index in [9.17, 15) is 14.0 Å². The van der Waals surface area contributed by atoms with Crippen LogP contribution >= 0.6 is 0 Å². The zero-order valence-electron chi connectivity index (χ0n) is 17.5. The van der Waals surface area contributed by atoms with Crippen LogP contribution in [0.1, 0.15) is 55.6 Å². The number of amides is 2. The average molecular weight is 410 g/mol. The van der Waals surface area contributed by atoms with Crippen molar-refractivity contribution >= 4 is 23.3 Å². The Morgan fingerprint density at radius 3 is 2.60 bits per heavy atom. The molecule has 0 saturated heterocycles. The molecule has 0 unspecified atom stereocenters. The van der Waals surface area contributed by atoms with Gasteiger partial charge in [-0.25, -0.2) is 9.37 Å². The molecule has 2 aromatic rings. The predicted molar refractivity (Wildman–Crippen MR) is 114 cm³/mol. The molecule has 2 aliphatic rings. The average Bonchev–Trinajstić information content (AvgIpc) is 3.55. The van der Waals surface area contributed by atoms with E-state index < -0.39 is 5.82 Å². The molecule has 0 radical (unpaired) electrons. The zero-order chi connectivity index (χ0) is 21.4. The molecule has 3 atom stereocenters. The minimum Gasteiger partial charge on any atom is -0.363 e. The highest BCUT2D eigenvalue weighted by Crippen LogP contribution is 2.50. The van der Waals surface area contributed by atoms with Crippen molar-refractivity contribution in [3.05, 3.63) is 53.5 Å². The zero-order valence-corrected chi connectivity index (χ0v) is 17.5. The Kier molecular flexibility index (Phi) is 5.45. The number of hydrogen-bond donors (Lipinski definition) is 2. The van der Waals surface area contributed by atoms with Gasteiger partial charge in [0.2, 0.25) is 5.91 Å². The summed E-state index contributed by atoms with van der Waals surface area (Å²) in [5.74, 6) is 0.577. The summed E-state index contributed by atoms with van der Waals surface area (Å²) in [4.78, 5) is 31.2. The van der Waals surface area contributed by atoms with E-state index in [1.807, 2.05) is 24.0 Å². The largest absolute Gasteiger partial charge is 0.363 e. The first-order chi connectivity index (χ1) is 14.4. The van der Waals surface area contributed by atoms with E-state index in [1.54, 1.807) is 19.1 Å². The van der Waals surface area contributed by atoms with Crippen LogP contribution in [0.3, 0.4) is 0 Å². The van der Waals surface area contributed by atoms with Gasteiger partial charge in [-0.15, -0.1) is 0 Å². The maximum absolute atomic E-state index is 13.3. The normalized spacial score (nSPS) is 22.9. The molecule has 2 amide bonds. The SMILES string of the molecule is CCNC(=O)c1ccc2c(c1)[C@H](Nc1ccc(F)cn1)[C@@H](C)[C@H](C1CC1)N2C(C)=O. The van der Waals surface area contributed by atoms with Crippen LogP contribution in [0.4, 0.5) is 15.9 Å². The molecule has 7 heteroatoms. The fourth-order valence-electron chi connectivity index (χ4n) is 4.59. The van der Waals surface area contributed by atoms with Crippen LogP contribution < -0.4 is 15.5 Å². The smallest absolute Gasteiger partial charge is 0.251 e. The molecule has 6 nitrogen and oxygen atoms in total. The molecule has 2 heterocycles. The van der Waals surface area contributed by atoms with Crippen LogP contribution in [-0.4, -0.2) is 29.4 Å². The van der Waals surface area contributed by atoms with Gasteiger partial charge in [0.25, 0.3) is 5.91 Å². The number of pyridine rings is 1. The van der Waals surface area contributed by atoms with Gasteiger partial charge in [0.15, 0.2) is 0 Å². The van der Waals surface area contributed by atoms with E-state index in [-0.39, 0.29) is 29.8 Å². The van der Waals surface area contributed by atoms with E-state index in [1.165, 1.54) is 12.3 Å². The third kappa shape index (κ3) is 3.76. The maximum Gasteiger partial charge on any atom is 0.251 e. The molecule has 1 aromatic heterocycles. The third-order valence-corrected chi connectivity index (χ3v) is 6.06. The van der Waals surface area contributed by atoms with Crippen molar-refractivity contribution in [3.63, 3.8) is 0 Å². The molecule has 1 aliphatic heterocycles. The highest BCUT2D eigenvalue weighted by Gasteiger charge is 2.47. The number of rotatable bonds is 5. The minimum atomic E-state index is -0.394. The molecular formula is C23H27FN4O2. The second kappa shape index (κ2) is 8.05. The van der Waals surface area contributed by atoms with E-state index >= 15 is 0 Å². The van der Waals surface area contributed by atoms with Crippen LogP contribution in [0.25, 0.3) is 0 Å². The lowest BCUT2D eigenvalue weighted by Gasteiger charge is -2.46. The molecule has 1 aliphatic carbocycles. The fourth-order valence-corrected chi connectivity index (χ4v) is 4.59. The monoisotopic (exact) mass is 410 g/mol. The molecule has 158 valence electrons. The van der Waals surface area contributed by atoms with Crippen molar-refractivity contribution in [1.82, 2.24) is 10.3 Å². The molecule has 1 fully saturated rings. The summed E-state index contributed by atoms with van der Waals surface area (Å²) in [6, 6.07) is 8.39. The van der Waals surface area contributed by atoms with E-state index in [2.05, 4.69) is 22.5 Å². The number of hydrogen-bond acceptors (Lipinski definition) is 4. The van der Waals surface area contributed by atoms with Crippen LogP contribution in [0, 0.1) is 17.7 Å². The summed E-state index contributed by atoms with van der Waals surface area (Å²) in [5.41, 5.74) is 2.25. The number of carbonyl (C=O) groups is 2. The van der Waals surface area contributed by atoms with Gasteiger partial charge in [-0.1, -0.05) is 6.92 Å². The number of carbonyl (C=O) groups excluding carboxylic acids is 2. The maximum atomic E-state index is 13.3. The van der Waals surface area contributed by atoms with E-state index in [4.69, 9.17) is 0 Å². The highest BCUT2D eigenvalue weighted by atomic mass is 19.1. The Bertz CT molecular complexity index is 958. The second-order valence-electron chi connectivity index (χ2n) is 8.19. The number of benzene rings is 1. The Labute approximate surface area is 175 Å². The summed E-state index contributed by atoms with van der Waals surface area (Å²) in [5, 5.41) is 6.26. The van der Waals surface area contributed by atoms with Crippen LogP contribution in [-0.2, 0) is 4.79 Å². The van der Waals surface area contributed by atoms with Gasteiger partial charge in [0.05, 0.1) is 12.2 Å². The van der Waals surface area contributed by atoms with Crippen molar-refractivity contribution in [2.24, 2.45) is 11.8 Å². The second-order valence-corrected chi connectivity index (χ2v) is 8.19. The van der Waals surface area contributed by atoms with Gasteiger partial charge in [-0.2, -0.15) is 0 Å². The predicted octanol–water partition coefficient (Wildman–Crippen LogP) is 3.90. The number of fused-ring (bicyclic) bond motifs is 1. The summed E-state index contributed by atoms with van der Waals surface area (Å²) >= 11 is 0. The Balaban J connectivity index is 1.80. The summed E-state index contributed by atoms with van der Waals surface area (Å²) in [6.45, 7) is 6.14. The third-order valence-electron chi connectivity index (χ3n) is 6.06. The molecule has 0 bridgehead atoms. The number of aromatic nitrogens is 1. The Morgan fingerprint density at radius 1 is 1.23 bits per heavy atom. The molecule has 4 rings (SSSR count). The fraction of sp³-hybridized carbons (Fsp3) is 0.435. The van der Waals surface area contributed by atoms with Crippen molar-refractivity contribution in [1.29, 1.82) is 0 Å². The van der Waals surface area contributed by atoms with Gasteiger partial charge in [0.1, 0.15) is 11.6 Å². The summed E-state index contributed by atoms with van der Waals surface area (Å²) in [7, 11) is 0. The molecule has 30 heavy (non-hydrogen) atoms. The highest BCUT2D eigenvalue weighted by molar-refractivity contribution is 5.98.